The molecule has 0 atom stereocenters. The summed E-state index contributed by atoms with van der Waals surface area (Å²) in [5, 5.41) is 9.28. The average Bonchev–Trinajstić information content (AvgIpc) is 2.74. The van der Waals surface area contributed by atoms with E-state index in [1.165, 1.54) is 34.9 Å². The first-order chi connectivity index (χ1) is 15.3. The lowest BCUT2D eigenvalue weighted by atomic mass is 10.1. The van der Waals surface area contributed by atoms with Crippen LogP contribution in [0.25, 0.3) is 10.9 Å². The van der Waals surface area contributed by atoms with Crippen LogP contribution in [0, 0.1) is 17.5 Å². The molecule has 0 fully saturated rings. The van der Waals surface area contributed by atoms with E-state index in [0.29, 0.717) is 17.6 Å². The molecule has 6 nitrogen and oxygen atoms in total. The summed E-state index contributed by atoms with van der Waals surface area (Å²) >= 11 is 12.3. The summed E-state index contributed by atoms with van der Waals surface area (Å²) in [6.45, 7) is -0.324. The molecule has 0 aliphatic carbocycles. The molecule has 0 saturated heterocycles. The first-order valence-electron chi connectivity index (χ1n) is 8.96. The fourth-order valence-corrected chi connectivity index (χ4v) is 3.68. The van der Waals surface area contributed by atoms with Gasteiger partial charge in [-0.15, -0.1) is 0 Å². The van der Waals surface area contributed by atoms with Crippen molar-refractivity contribution in [3.63, 3.8) is 0 Å². The fraction of sp³-hybridized carbons (Fsp3) is 0.0476. The van der Waals surface area contributed by atoms with Crippen LogP contribution in [0.5, 0.6) is 11.5 Å². The van der Waals surface area contributed by atoms with Gasteiger partial charge in [0, 0.05) is 17.7 Å². The molecule has 0 amide bonds. The molecule has 1 heterocycles. The SMILES string of the molecule is O=c1ncn(Cc2c(F)cc(F)cc2F)c2ccc(Oc3c(Cl)cc(NO)cc3Cl)cc12. The van der Waals surface area contributed by atoms with Gasteiger partial charge in [-0.3, -0.25) is 15.5 Å². The number of hydrogen-bond acceptors (Lipinski definition) is 5. The van der Waals surface area contributed by atoms with Gasteiger partial charge in [0.15, 0.2) is 5.75 Å². The number of hydrogen-bond donors (Lipinski definition) is 2. The van der Waals surface area contributed by atoms with Gasteiger partial charge in [-0.25, -0.2) is 13.2 Å². The zero-order valence-electron chi connectivity index (χ0n) is 15.9. The van der Waals surface area contributed by atoms with Crippen molar-refractivity contribution in [3.8, 4) is 11.5 Å². The number of benzene rings is 3. The van der Waals surface area contributed by atoms with E-state index in [0.717, 1.165) is 6.33 Å². The maximum Gasteiger partial charge on any atom is 0.280 e. The number of nitrogens with one attached hydrogen (secondary N) is 1. The minimum atomic E-state index is -1.06. The summed E-state index contributed by atoms with van der Waals surface area (Å²) in [6.07, 6.45) is 1.14. The van der Waals surface area contributed by atoms with Gasteiger partial charge >= 0.3 is 0 Å². The Morgan fingerprint density at radius 2 is 1.69 bits per heavy atom. The summed E-state index contributed by atoms with van der Waals surface area (Å²) in [5.41, 5.74) is 1.50. The normalized spacial score (nSPS) is 11.1. The van der Waals surface area contributed by atoms with Crippen LogP contribution in [-0.2, 0) is 6.54 Å². The van der Waals surface area contributed by atoms with Crippen molar-refractivity contribution in [1.82, 2.24) is 9.55 Å². The Labute approximate surface area is 188 Å². The van der Waals surface area contributed by atoms with Crippen molar-refractivity contribution >= 4 is 39.8 Å². The van der Waals surface area contributed by atoms with Gasteiger partial charge in [-0.1, -0.05) is 23.2 Å². The van der Waals surface area contributed by atoms with E-state index in [1.807, 2.05) is 5.48 Å². The lowest BCUT2D eigenvalue weighted by Crippen LogP contribution is -2.14. The van der Waals surface area contributed by atoms with Crippen LogP contribution >= 0.6 is 23.2 Å². The first kappa shape index (κ1) is 21.9. The lowest BCUT2D eigenvalue weighted by Gasteiger charge is -2.14. The van der Waals surface area contributed by atoms with Gasteiger partial charge in [0.2, 0.25) is 0 Å². The van der Waals surface area contributed by atoms with Crippen molar-refractivity contribution in [2.45, 2.75) is 6.54 Å². The molecule has 4 rings (SSSR count). The van der Waals surface area contributed by atoms with Crippen molar-refractivity contribution in [1.29, 1.82) is 0 Å². The van der Waals surface area contributed by atoms with Crippen molar-refractivity contribution in [3.05, 3.63) is 92.2 Å². The van der Waals surface area contributed by atoms with Crippen LogP contribution in [0.1, 0.15) is 5.56 Å². The van der Waals surface area contributed by atoms with Crippen LogP contribution in [0.2, 0.25) is 10.0 Å². The lowest BCUT2D eigenvalue weighted by molar-refractivity contribution is 0.388. The average molecular weight is 482 g/mol. The van der Waals surface area contributed by atoms with Crippen molar-refractivity contribution in [2.75, 3.05) is 5.48 Å². The molecular weight excluding hydrogens is 470 g/mol. The molecule has 1 aromatic heterocycles. The number of ether oxygens (including phenoxy) is 1. The number of nitrogens with zero attached hydrogens (tertiary/aromatic N) is 2. The van der Waals surface area contributed by atoms with Gasteiger partial charge in [0.25, 0.3) is 5.56 Å². The Morgan fingerprint density at radius 1 is 1.03 bits per heavy atom. The zero-order chi connectivity index (χ0) is 23.0. The summed E-state index contributed by atoms with van der Waals surface area (Å²) in [6, 6.07) is 8.29. The molecule has 164 valence electrons. The highest BCUT2D eigenvalue weighted by Gasteiger charge is 2.15. The van der Waals surface area contributed by atoms with E-state index in [9.17, 15) is 18.0 Å². The highest BCUT2D eigenvalue weighted by atomic mass is 35.5. The topological polar surface area (TPSA) is 76.4 Å². The molecule has 0 aliphatic heterocycles. The second-order valence-corrected chi connectivity index (χ2v) is 7.50. The Kier molecular flexibility index (Phi) is 5.96. The van der Waals surface area contributed by atoms with E-state index in [2.05, 4.69) is 4.98 Å². The highest BCUT2D eigenvalue weighted by molar-refractivity contribution is 6.37. The van der Waals surface area contributed by atoms with Crippen LogP contribution in [0.3, 0.4) is 0 Å². The molecule has 0 radical (unpaired) electrons. The fourth-order valence-electron chi connectivity index (χ4n) is 3.11. The van der Waals surface area contributed by atoms with E-state index < -0.39 is 23.0 Å². The van der Waals surface area contributed by atoms with Crippen molar-refractivity contribution in [2.24, 2.45) is 0 Å². The van der Waals surface area contributed by atoms with Crippen molar-refractivity contribution < 1.29 is 23.1 Å². The van der Waals surface area contributed by atoms with E-state index in [1.54, 1.807) is 0 Å². The zero-order valence-corrected chi connectivity index (χ0v) is 17.4. The van der Waals surface area contributed by atoms with Gasteiger partial charge < -0.3 is 9.30 Å². The Morgan fingerprint density at radius 3 is 2.31 bits per heavy atom. The monoisotopic (exact) mass is 481 g/mol. The molecule has 0 spiro atoms. The summed E-state index contributed by atoms with van der Waals surface area (Å²) in [7, 11) is 0. The molecule has 32 heavy (non-hydrogen) atoms. The quantitative estimate of drug-likeness (QED) is 0.354. The third-order valence-electron chi connectivity index (χ3n) is 4.60. The summed E-state index contributed by atoms with van der Waals surface area (Å²) in [5.74, 6) is -2.86. The Balaban J connectivity index is 1.74. The largest absolute Gasteiger partial charge is 0.454 e. The van der Waals surface area contributed by atoms with Gasteiger partial charge in [-0.05, 0) is 30.3 Å². The number of halogens is 5. The Hall–Kier alpha value is -3.27. The van der Waals surface area contributed by atoms with E-state index in [4.69, 9.17) is 33.1 Å². The van der Waals surface area contributed by atoms with Gasteiger partial charge in [-0.2, -0.15) is 4.98 Å². The van der Waals surface area contributed by atoms with Gasteiger partial charge in [0.1, 0.15) is 23.2 Å². The van der Waals surface area contributed by atoms with Gasteiger partial charge in [0.05, 0.1) is 39.5 Å². The standard InChI is InChI=1S/C21H12Cl2F3N3O3/c22-15-5-11(28-31)6-16(23)20(15)32-12-1-2-19-13(7-12)21(30)27-9-29(19)8-14-17(25)3-10(24)4-18(14)26/h1-7,9,28,31H,8H2. The molecule has 2 N–H and O–H groups in total. The first-order valence-corrected chi connectivity index (χ1v) is 9.72. The number of aromatic nitrogens is 2. The summed E-state index contributed by atoms with van der Waals surface area (Å²) < 4.78 is 48.4. The van der Waals surface area contributed by atoms with Crippen LogP contribution in [0.15, 0.2) is 53.6 Å². The molecule has 0 bridgehead atoms. The molecule has 0 unspecified atom stereocenters. The minimum absolute atomic E-state index is 0.0892. The molecule has 4 aromatic rings. The number of rotatable bonds is 5. The Bertz CT molecular complexity index is 1370. The maximum atomic E-state index is 14.1. The molecule has 0 saturated carbocycles. The predicted octanol–water partition coefficient (Wildman–Crippen LogP) is 5.76. The number of anilines is 1. The second kappa shape index (κ2) is 8.70. The molecule has 3 aromatic carbocycles. The smallest absolute Gasteiger partial charge is 0.280 e. The third-order valence-corrected chi connectivity index (χ3v) is 5.17. The van der Waals surface area contributed by atoms with E-state index >= 15 is 0 Å². The maximum absolute atomic E-state index is 14.1. The van der Waals surface area contributed by atoms with E-state index in [-0.39, 0.29) is 44.7 Å². The predicted molar refractivity (Wildman–Crippen MR) is 113 cm³/mol. The second-order valence-electron chi connectivity index (χ2n) is 6.69. The van der Waals surface area contributed by atoms with Crippen LogP contribution in [0.4, 0.5) is 18.9 Å². The van der Waals surface area contributed by atoms with Crippen LogP contribution in [-0.4, -0.2) is 14.8 Å². The molecule has 0 aliphatic rings. The molecule has 11 heteroatoms. The minimum Gasteiger partial charge on any atom is -0.454 e. The third kappa shape index (κ3) is 4.22. The summed E-state index contributed by atoms with van der Waals surface area (Å²) in [4.78, 5) is 16.0. The highest BCUT2D eigenvalue weighted by Crippen LogP contribution is 2.39. The molecular formula is C21H12Cl2F3N3O3. The number of fused-ring (bicyclic) bond motifs is 1. The van der Waals surface area contributed by atoms with Crippen LogP contribution < -0.4 is 15.8 Å².